The molecule has 0 bridgehead atoms. The minimum atomic E-state index is -0.504. The third-order valence-corrected chi connectivity index (χ3v) is 6.04. The summed E-state index contributed by atoms with van der Waals surface area (Å²) in [6.07, 6.45) is 1.34. The zero-order chi connectivity index (χ0) is 19.4. The van der Waals surface area contributed by atoms with E-state index >= 15 is 0 Å². The molecule has 1 saturated heterocycles. The molecule has 4 rings (SSSR count). The van der Waals surface area contributed by atoms with Gasteiger partial charge in [0.15, 0.2) is 0 Å². The predicted octanol–water partition coefficient (Wildman–Crippen LogP) is 3.50. The van der Waals surface area contributed by atoms with Crippen molar-refractivity contribution in [3.8, 4) is 11.8 Å². The molecule has 1 unspecified atom stereocenters. The minimum absolute atomic E-state index is 0.0852. The molecular formula is C24H27N3O. The van der Waals surface area contributed by atoms with E-state index in [1.54, 1.807) is 0 Å². The Bertz CT molecular complexity index is 891. The number of fused-ring (bicyclic) bond motifs is 1. The average molecular weight is 374 g/mol. The van der Waals surface area contributed by atoms with Crippen LogP contribution in [0.2, 0.25) is 0 Å². The lowest BCUT2D eigenvalue weighted by Crippen LogP contribution is -2.46. The van der Waals surface area contributed by atoms with Crippen LogP contribution in [0.4, 0.5) is 11.4 Å². The summed E-state index contributed by atoms with van der Waals surface area (Å²) >= 11 is 0. The van der Waals surface area contributed by atoms with E-state index in [2.05, 4.69) is 70.3 Å². The highest BCUT2D eigenvalue weighted by molar-refractivity contribution is 6.06. The highest BCUT2D eigenvalue weighted by atomic mass is 16.2. The van der Waals surface area contributed by atoms with Gasteiger partial charge in [0.05, 0.1) is 12.0 Å². The van der Waals surface area contributed by atoms with E-state index in [-0.39, 0.29) is 5.91 Å². The SMILES string of the molecule is CCC1(CC#CCN2CCN(c3ccccc3)CC2)C(=O)Nc2ccccc21. The number of anilines is 2. The Morgan fingerprint density at radius 3 is 2.43 bits per heavy atom. The van der Waals surface area contributed by atoms with Crippen molar-refractivity contribution in [1.29, 1.82) is 0 Å². The Morgan fingerprint density at radius 2 is 1.68 bits per heavy atom. The first kappa shape index (κ1) is 18.6. The summed E-state index contributed by atoms with van der Waals surface area (Å²) < 4.78 is 0. The van der Waals surface area contributed by atoms with E-state index in [4.69, 9.17) is 0 Å². The molecule has 0 radical (unpaired) electrons. The lowest BCUT2D eigenvalue weighted by Gasteiger charge is -2.35. The maximum absolute atomic E-state index is 12.7. The van der Waals surface area contributed by atoms with Gasteiger partial charge >= 0.3 is 0 Å². The summed E-state index contributed by atoms with van der Waals surface area (Å²) in [7, 11) is 0. The minimum Gasteiger partial charge on any atom is -0.369 e. The van der Waals surface area contributed by atoms with E-state index < -0.39 is 5.41 Å². The Labute approximate surface area is 167 Å². The van der Waals surface area contributed by atoms with Gasteiger partial charge in [0.25, 0.3) is 0 Å². The predicted molar refractivity (Wildman–Crippen MR) is 115 cm³/mol. The van der Waals surface area contributed by atoms with E-state index in [1.165, 1.54) is 5.69 Å². The average Bonchev–Trinajstić information content (AvgIpc) is 3.04. The largest absolute Gasteiger partial charge is 0.369 e. The molecule has 28 heavy (non-hydrogen) atoms. The van der Waals surface area contributed by atoms with Gasteiger partial charge in [-0.05, 0) is 30.2 Å². The number of hydrogen-bond donors (Lipinski definition) is 1. The molecule has 1 fully saturated rings. The second-order valence-corrected chi connectivity index (χ2v) is 7.56. The topological polar surface area (TPSA) is 35.6 Å². The first-order valence-electron chi connectivity index (χ1n) is 10.1. The fraction of sp³-hybridized carbons (Fsp3) is 0.375. The third kappa shape index (κ3) is 3.50. The quantitative estimate of drug-likeness (QED) is 0.833. The van der Waals surface area contributed by atoms with E-state index in [1.807, 2.05) is 18.2 Å². The van der Waals surface area contributed by atoms with Crippen molar-refractivity contribution in [3.63, 3.8) is 0 Å². The van der Waals surface area contributed by atoms with E-state index in [0.29, 0.717) is 6.42 Å². The fourth-order valence-corrected chi connectivity index (χ4v) is 4.21. The summed E-state index contributed by atoms with van der Waals surface area (Å²) in [5.74, 6) is 6.72. The molecule has 4 nitrogen and oxygen atoms in total. The van der Waals surface area contributed by atoms with Crippen molar-refractivity contribution >= 4 is 17.3 Å². The Kier molecular flexibility index (Phi) is 5.36. The standard InChI is InChI=1S/C24H27N3O/c1-2-24(21-12-6-7-13-22(21)25-23(24)28)14-8-9-15-26-16-18-27(19-17-26)20-10-4-3-5-11-20/h3-7,10-13H,2,14-19H2,1H3,(H,25,28). The summed E-state index contributed by atoms with van der Waals surface area (Å²) in [4.78, 5) is 17.5. The van der Waals surface area contributed by atoms with Crippen LogP contribution in [0, 0.1) is 11.8 Å². The summed E-state index contributed by atoms with van der Waals surface area (Å²) in [6.45, 7) is 6.94. The molecule has 2 aromatic rings. The number of rotatable bonds is 4. The van der Waals surface area contributed by atoms with Crippen LogP contribution >= 0.6 is 0 Å². The van der Waals surface area contributed by atoms with Crippen molar-refractivity contribution in [2.24, 2.45) is 0 Å². The molecule has 1 N–H and O–H groups in total. The number of nitrogens with one attached hydrogen (secondary N) is 1. The number of piperazine rings is 1. The number of para-hydroxylation sites is 2. The Balaban J connectivity index is 1.34. The van der Waals surface area contributed by atoms with Gasteiger partial charge in [-0.3, -0.25) is 9.69 Å². The number of nitrogens with zero attached hydrogens (tertiary/aromatic N) is 2. The van der Waals surface area contributed by atoms with Gasteiger partial charge in [-0.25, -0.2) is 0 Å². The first-order chi connectivity index (χ1) is 13.7. The van der Waals surface area contributed by atoms with Crippen LogP contribution in [0.1, 0.15) is 25.3 Å². The molecule has 4 heteroatoms. The monoisotopic (exact) mass is 373 g/mol. The molecule has 1 atom stereocenters. The molecule has 0 spiro atoms. The van der Waals surface area contributed by atoms with Gasteiger partial charge in [0.2, 0.25) is 5.91 Å². The molecule has 0 saturated carbocycles. The van der Waals surface area contributed by atoms with Crippen molar-refractivity contribution in [2.45, 2.75) is 25.2 Å². The molecule has 1 amide bonds. The number of carbonyl (C=O) groups is 1. The summed E-state index contributed by atoms with van der Waals surface area (Å²) in [5, 5.41) is 3.03. The van der Waals surface area contributed by atoms with Gasteiger partial charge in [0, 0.05) is 44.0 Å². The highest BCUT2D eigenvalue weighted by Gasteiger charge is 2.44. The van der Waals surface area contributed by atoms with Gasteiger partial charge in [-0.2, -0.15) is 0 Å². The van der Waals surface area contributed by atoms with Crippen LogP contribution in [-0.4, -0.2) is 43.5 Å². The second-order valence-electron chi connectivity index (χ2n) is 7.56. The zero-order valence-corrected chi connectivity index (χ0v) is 16.4. The lowest BCUT2D eigenvalue weighted by molar-refractivity contribution is -0.120. The number of amides is 1. The molecule has 2 aromatic carbocycles. The third-order valence-electron chi connectivity index (χ3n) is 6.04. The van der Waals surface area contributed by atoms with Crippen molar-refractivity contribution in [3.05, 3.63) is 60.2 Å². The zero-order valence-electron chi connectivity index (χ0n) is 16.4. The van der Waals surface area contributed by atoms with Crippen LogP contribution in [0.25, 0.3) is 0 Å². The van der Waals surface area contributed by atoms with Crippen LogP contribution in [0.5, 0.6) is 0 Å². The van der Waals surface area contributed by atoms with Crippen molar-refractivity contribution in [1.82, 2.24) is 4.90 Å². The number of hydrogen-bond acceptors (Lipinski definition) is 3. The van der Waals surface area contributed by atoms with Crippen LogP contribution in [-0.2, 0) is 10.2 Å². The fourth-order valence-electron chi connectivity index (χ4n) is 4.21. The first-order valence-corrected chi connectivity index (χ1v) is 10.1. The van der Waals surface area contributed by atoms with Crippen LogP contribution in [0.3, 0.4) is 0 Å². The van der Waals surface area contributed by atoms with Crippen molar-refractivity contribution in [2.75, 3.05) is 42.9 Å². The van der Waals surface area contributed by atoms with E-state index in [0.717, 1.165) is 50.4 Å². The Hall–Kier alpha value is -2.77. The molecule has 2 aliphatic rings. The molecule has 2 heterocycles. The molecule has 2 aliphatic heterocycles. The van der Waals surface area contributed by atoms with Gasteiger partial charge in [-0.15, -0.1) is 5.92 Å². The molecule has 0 aromatic heterocycles. The summed E-state index contributed by atoms with van der Waals surface area (Å²) in [6, 6.07) is 18.6. The van der Waals surface area contributed by atoms with Gasteiger partial charge < -0.3 is 10.2 Å². The molecular weight excluding hydrogens is 346 g/mol. The Morgan fingerprint density at radius 1 is 0.964 bits per heavy atom. The molecule has 0 aliphatic carbocycles. The maximum atomic E-state index is 12.7. The van der Waals surface area contributed by atoms with Crippen molar-refractivity contribution < 1.29 is 4.79 Å². The number of benzene rings is 2. The lowest BCUT2D eigenvalue weighted by atomic mass is 9.76. The second kappa shape index (κ2) is 8.08. The maximum Gasteiger partial charge on any atom is 0.236 e. The number of carbonyl (C=O) groups excluding carboxylic acids is 1. The molecule has 144 valence electrons. The smallest absolute Gasteiger partial charge is 0.236 e. The summed E-state index contributed by atoms with van der Waals surface area (Å²) in [5.41, 5.74) is 2.82. The highest BCUT2D eigenvalue weighted by Crippen LogP contribution is 2.42. The normalized spacial score (nSPS) is 21.6. The van der Waals surface area contributed by atoms with E-state index in [9.17, 15) is 4.79 Å². The van der Waals surface area contributed by atoms with Gasteiger partial charge in [-0.1, -0.05) is 49.2 Å². The van der Waals surface area contributed by atoms with Crippen LogP contribution in [0.15, 0.2) is 54.6 Å². The van der Waals surface area contributed by atoms with Gasteiger partial charge in [0.1, 0.15) is 0 Å². The van der Waals surface area contributed by atoms with Crippen LogP contribution < -0.4 is 10.2 Å².